The van der Waals surface area contributed by atoms with E-state index in [2.05, 4.69) is 15.4 Å². The molecule has 0 aliphatic carbocycles. The minimum Gasteiger partial charge on any atom is -0.375 e. The van der Waals surface area contributed by atoms with Gasteiger partial charge in [0.15, 0.2) is 5.11 Å². The van der Waals surface area contributed by atoms with Crippen molar-refractivity contribution in [2.24, 2.45) is 10.8 Å². The van der Waals surface area contributed by atoms with Gasteiger partial charge in [0.2, 0.25) is 0 Å². The minimum absolute atomic E-state index is 0.149. The molecule has 1 fully saturated rings. The summed E-state index contributed by atoms with van der Waals surface area (Å²) in [5, 5.41) is 5.51. The van der Waals surface area contributed by atoms with E-state index >= 15 is 0 Å². The third-order valence-corrected chi connectivity index (χ3v) is 4.50. The molecule has 0 bridgehead atoms. The van der Waals surface area contributed by atoms with Gasteiger partial charge in [-0.3, -0.25) is 5.43 Å². The Morgan fingerprint density at radius 3 is 2.59 bits per heavy atom. The zero-order chi connectivity index (χ0) is 15.9. The largest absolute Gasteiger partial charge is 0.375 e. The summed E-state index contributed by atoms with van der Waals surface area (Å²) < 4.78 is 0. The van der Waals surface area contributed by atoms with Crippen molar-refractivity contribution in [1.82, 2.24) is 10.3 Å². The lowest BCUT2D eigenvalue weighted by Gasteiger charge is -2.26. The lowest BCUT2D eigenvalue weighted by Crippen LogP contribution is -2.32. The Hall–Kier alpha value is -0.880. The van der Waals surface area contributed by atoms with Crippen LogP contribution >= 0.6 is 35.4 Å². The summed E-state index contributed by atoms with van der Waals surface area (Å²) in [6, 6.07) is 5.50. The van der Waals surface area contributed by atoms with Gasteiger partial charge in [0, 0.05) is 13.0 Å². The first-order valence-electron chi connectivity index (χ1n) is 7.36. The first-order chi connectivity index (χ1) is 10.6. The number of nitrogens with zero attached hydrogens (tertiary/aromatic N) is 2. The number of rotatable bonds is 5. The summed E-state index contributed by atoms with van der Waals surface area (Å²) in [7, 11) is 0. The first kappa shape index (κ1) is 17.5. The highest BCUT2D eigenvalue weighted by Gasteiger charge is 2.13. The maximum atomic E-state index is 6.10. The number of nitrogens with two attached hydrogens (primary N) is 1. The van der Waals surface area contributed by atoms with Gasteiger partial charge in [-0.05, 0) is 55.8 Å². The Kier molecular flexibility index (Phi) is 6.89. The van der Waals surface area contributed by atoms with E-state index in [1.807, 2.05) is 12.1 Å². The Morgan fingerprint density at radius 2 is 1.95 bits per heavy atom. The molecule has 4 nitrogen and oxygen atoms in total. The van der Waals surface area contributed by atoms with Crippen LogP contribution in [0, 0.1) is 0 Å². The van der Waals surface area contributed by atoms with Gasteiger partial charge < -0.3 is 10.6 Å². The van der Waals surface area contributed by atoms with Crippen LogP contribution in [0.15, 0.2) is 23.3 Å². The van der Waals surface area contributed by atoms with Crippen molar-refractivity contribution in [3.05, 3.63) is 33.8 Å². The van der Waals surface area contributed by atoms with E-state index in [4.69, 9.17) is 41.2 Å². The van der Waals surface area contributed by atoms with Gasteiger partial charge in [0.05, 0.1) is 15.8 Å². The van der Waals surface area contributed by atoms with Crippen molar-refractivity contribution in [2.75, 3.05) is 19.6 Å². The highest BCUT2D eigenvalue weighted by atomic mass is 35.5. The van der Waals surface area contributed by atoms with Crippen LogP contribution < -0.4 is 11.2 Å². The zero-order valence-corrected chi connectivity index (χ0v) is 14.6. The molecule has 0 aromatic heterocycles. The Bertz CT molecular complexity index is 556. The molecule has 0 unspecified atom stereocenters. The molecule has 0 atom stereocenters. The van der Waals surface area contributed by atoms with Gasteiger partial charge in [-0.15, -0.1) is 0 Å². The molecule has 3 N–H and O–H groups in total. The summed E-state index contributed by atoms with van der Waals surface area (Å²) in [5.74, 6) is 0. The van der Waals surface area contributed by atoms with E-state index in [0.29, 0.717) is 10.0 Å². The third-order valence-electron chi connectivity index (χ3n) is 3.67. The van der Waals surface area contributed by atoms with Gasteiger partial charge in [0.25, 0.3) is 0 Å². The van der Waals surface area contributed by atoms with Gasteiger partial charge in [-0.2, -0.15) is 5.10 Å². The van der Waals surface area contributed by atoms with Gasteiger partial charge in [0.1, 0.15) is 0 Å². The number of hydrazone groups is 1. The van der Waals surface area contributed by atoms with Crippen molar-refractivity contribution < 1.29 is 0 Å². The number of likely N-dealkylation sites (tertiary alicyclic amines) is 1. The maximum absolute atomic E-state index is 6.10. The van der Waals surface area contributed by atoms with Gasteiger partial charge in [-0.1, -0.05) is 35.7 Å². The van der Waals surface area contributed by atoms with E-state index in [1.54, 1.807) is 6.07 Å². The third kappa shape index (κ3) is 5.39. The molecule has 1 heterocycles. The lowest BCUT2D eigenvalue weighted by atomic mass is 10.1. The van der Waals surface area contributed by atoms with Gasteiger partial charge in [-0.25, -0.2) is 0 Å². The SMILES string of the molecule is NC(=S)N/N=C(\CCN1CCCCC1)c1ccc(Cl)c(Cl)c1. The summed E-state index contributed by atoms with van der Waals surface area (Å²) in [4.78, 5) is 2.46. The molecule has 0 amide bonds. The second kappa shape index (κ2) is 8.67. The Labute approximate surface area is 146 Å². The number of thiocarbonyl (C=S) groups is 1. The fourth-order valence-electron chi connectivity index (χ4n) is 2.51. The molecule has 1 aliphatic rings. The molecule has 120 valence electrons. The van der Waals surface area contributed by atoms with Crippen molar-refractivity contribution in [2.45, 2.75) is 25.7 Å². The molecular weight excluding hydrogens is 339 g/mol. The van der Waals surface area contributed by atoms with Crippen LogP contribution in [0.25, 0.3) is 0 Å². The monoisotopic (exact) mass is 358 g/mol. The highest BCUT2D eigenvalue weighted by molar-refractivity contribution is 7.80. The molecule has 0 spiro atoms. The predicted molar refractivity (Wildman–Crippen MR) is 97.8 cm³/mol. The number of benzene rings is 1. The van der Waals surface area contributed by atoms with Crippen LogP contribution in [0.4, 0.5) is 0 Å². The molecule has 2 rings (SSSR count). The zero-order valence-electron chi connectivity index (χ0n) is 12.3. The van der Waals surface area contributed by atoms with Crippen LogP contribution in [0.5, 0.6) is 0 Å². The first-order valence-corrected chi connectivity index (χ1v) is 8.52. The van der Waals surface area contributed by atoms with Crippen molar-refractivity contribution >= 4 is 46.2 Å². The van der Waals surface area contributed by atoms with E-state index in [9.17, 15) is 0 Å². The molecule has 1 aromatic carbocycles. The van der Waals surface area contributed by atoms with Crippen LogP contribution in [0.1, 0.15) is 31.2 Å². The smallest absolute Gasteiger partial charge is 0.184 e. The fourth-order valence-corrected chi connectivity index (χ4v) is 2.85. The predicted octanol–water partition coefficient (Wildman–Crippen LogP) is 3.41. The summed E-state index contributed by atoms with van der Waals surface area (Å²) in [6.45, 7) is 3.26. The standard InChI is InChI=1S/C15H20Cl2N4S/c16-12-5-4-11(10-13(12)17)14(19-20-15(18)22)6-9-21-7-2-1-3-8-21/h4-5,10H,1-3,6-9H2,(H3,18,20,22)/b19-14+. The van der Waals surface area contributed by atoms with E-state index in [0.717, 1.165) is 37.3 Å². The Morgan fingerprint density at radius 1 is 1.23 bits per heavy atom. The van der Waals surface area contributed by atoms with Crippen LogP contribution in [0.3, 0.4) is 0 Å². The number of piperidine rings is 1. The maximum Gasteiger partial charge on any atom is 0.184 e. The average molecular weight is 359 g/mol. The molecule has 1 aromatic rings. The number of hydrogen-bond acceptors (Lipinski definition) is 3. The highest BCUT2D eigenvalue weighted by Crippen LogP contribution is 2.23. The lowest BCUT2D eigenvalue weighted by molar-refractivity contribution is 0.235. The molecule has 0 saturated carbocycles. The van der Waals surface area contributed by atoms with Crippen LogP contribution in [0.2, 0.25) is 10.0 Å². The van der Waals surface area contributed by atoms with Crippen LogP contribution in [-0.2, 0) is 0 Å². The molecular formula is C15H20Cl2N4S. The molecule has 1 aliphatic heterocycles. The topological polar surface area (TPSA) is 53.6 Å². The number of nitrogens with one attached hydrogen (secondary N) is 1. The summed E-state index contributed by atoms with van der Waals surface area (Å²) in [6.07, 6.45) is 4.66. The summed E-state index contributed by atoms with van der Waals surface area (Å²) in [5.41, 5.74) is 9.93. The van der Waals surface area contributed by atoms with Crippen molar-refractivity contribution in [3.63, 3.8) is 0 Å². The summed E-state index contributed by atoms with van der Waals surface area (Å²) >= 11 is 16.9. The van der Waals surface area contributed by atoms with Crippen molar-refractivity contribution in [3.8, 4) is 0 Å². The second-order valence-corrected chi connectivity index (χ2v) is 6.57. The van der Waals surface area contributed by atoms with E-state index < -0.39 is 0 Å². The minimum atomic E-state index is 0.149. The quantitative estimate of drug-likeness (QED) is 0.481. The molecule has 22 heavy (non-hydrogen) atoms. The molecule has 1 saturated heterocycles. The molecule has 7 heteroatoms. The molecule has 0 radical (unpaired) electrons. The van der Waals surface area contributed by atoms with E-state index in [-0.39, 0.29) is 5.11 Å². The number of hydrogen-bond donors (Lipinski definition) is 2. The normalized spacial score (nSPS) is 16.5. The van der Waals surface area contributed by atoms with Crippen LogP contribution in [-0.4, -0.2) is 35.4 Å². The van der Waals surface area contributed by atoms with E-state index in [1.165, 1.54) is 19.3 Å². The second-order valence-electron chi connectivity index (χ2n) is 5.32. The fraction of sp³-hybridized carbons (Fsp3) is 0.467. The van der Waals surface area contributed by atoms with Crippen molar-refractivity contribution in [1.29, 1.82) is 0 Å². The average Bonchev–Trinajstić information content (AvgIpc) is 2.51. The van der Waals surface area contributed by atoms with Gasteiger partial charge >= 0.3 is 0 Å². The Balaban J connectivity index is 2.09. The number of halogens is 2.